The summed E-state index contributed by atoms with van der Waals surface area (Å²) in [6, 6.07) is 17.2. The molecular weight excluding hydrogens is 384 g/mol. The van der Waals surface area contributed by atoms with Crippen molar-refractivity contribution in [3.8, 4) is 0 Å². The van der Waals surface area contributed by atoms with Crippen LogP contribution in [0.1, 0.15) is 29.0 Å². The predicted octanol–water partition coefficient (Wildman–Crippen LogP) is 3.93. The van der Waals surface area contributed by atoms with E-state index in [1.807, 2.05) is 18.4 Å². The van der Waals surface area contributed by atoms with Crippen LogP contribution in [0.3, 0.4) is 0 Å². The molecule has 2 aromatic heterocycles. The zero-order chi connectivity index (χ0) is 20.4. The molecule has 0 radical (unpaired) electrons. The number of carbonyl (C=O) groups excluding carboxylic acids is 1. The van der Waals surface area contributed by atoms with Crippen LogP contribution in [0.5, 0.6) is 0 Å². The fourth-order valence-corrected chi connectivity index (χ4v) is 4.06. The number of aryl methyl sites for hydroxylation is 1. The van der Waals surface area contributed by atoms with Crippen LogP contribution in [0.4, 0.5) is 5.69 Å². The highest BCUT2D eigenvalue weighted by Gasteiger charge is 2.21. The SMILES string of the molecule is Cc1ccc([C@H](N[C@@H](C)C(=O)Nc2ccc3[nH]c(=O)[nH]c3c2)c2cccs2)cc1. The van der Waals surface area contributed by atoms with E-state index in [4.69, 9.17) is 0 Å². The molecule has 0 bridgehead atoms. The van der Waals surface area contributed by atoms with Crippen LogP contribution in [0.25, 0.3) is 11.0 Å². The summed E-state index contributed by atoms with van der Waals surface area (Å²) in [6.45, 7) is 3.91. The van der Waals surface area contributed by atoms with Gasteiger partial charge in [0.2, 0.25) is 5.91 Å². The molecule has 0 aliphatic heterocycles. The van der Waals surface area contributed by atoms with E-state index in [2.05, 4.69) is 57.9 Å². The minimum atomic E-state index is -0.427. The van der Waals surface area contributed by atoms with Gasteiger partial charge in [0.15, 0.2) is 0 Å². The van der Waals surface area contributed by atoms with E-state index in [1.165, 1.54) is 5.56 Å². The van der Waals surface area contributed by atoms with Crippen molar-refractivity contribution in [1.82, 2.24) is 15.3 Å². The Balaban J connectivity index is 1.51. The first-order valence-electron chi connectivity index (χ1n) is 9.38. The summed E-state index contributed by atoms with van der Waals surface area (Å²) < 4.78 is 0. The number of anilines is 1. The van der Waals surface area contributed by atoms with E-state index in [-0.39, 0.29) is 17.6 Å². The monoisotopic (exact) mass is 406 g/mol. The molecule has 148 valence electrons. The van der Waals surface area contributed by atoms with Crippen molar-refractivity contribution in [2.24, 2.45) is 0 Å². The quantitative estimate of drug-likeness (QED) is 0.391. The summed E-state index contributed by atoms with van der Waals surface area (Å²) in [5.74, 6) is -0.143. The lowest BCUT2D eigenvalue weighted by atomic mass is 10.0. The largest absolute Gasteiger partial charge is 0.325 e. The molecule has 1 amide bonds. The lowest BCUT2D eigenvalue weighted by Crippen LogP contribution is -2.40. The zero-order valence-corrected chi connectivity index (χ0v) is 17.0. The summed E-state index contributed by atoms with van der Waals surface area (Å²) in [5.41, 5.74) is 4.04. The van der Waals surface area contributed by atoms with Gasteiger partial charge in [-0.2, -0.15) is 0 Å². The lowest BCUT2D eigenvalue weighted by molar-refractivity contribution is -0.117. The first-order chi connectivity index (χ1) is 14.0. The molecule has 2 heterocycles. The maximum atomic E-state index is 12.8. The molecule has 7 heteroatoms. The van der Waals surface area contributed by atoms with Crippen molar-refractivity contribution < 1.29 is 4.79 Å². The Hall–Kier alpha value is -3.16. The van der Waals surface area contributed by atoms with Crippen molar-refractivity contribution in [1.29, 1.82) is 0 Å². The molecule has 29 heavy (non-hydrogen) atoms. The third-order valence-corrected chi connectivity index (χ3v) is 5.77. The van der Waals surface area contributed by atoms with Gasteiger partial charge in [-0.1, -0.05) is 35.9 Å². The first-order valence-corrected chi connectivity index (χ1v) is 10.3. The third kappa shape index (κ3) is 4.31. The fourth-order valence-electron chi connectivity index (χ4n) is 3.24. The number of imidazole rings is 1. The lowest BCUT2D eigenvalue weighted by Gasteiger charge is -2.23. The number of carbonyl (C=O) groups is 1. The molecule has 4 aromatic rings. The number of H-pyrrole nitrogens is 2. The summed E-state index contributed by atoms with van der Waals surface area (Å²) in [4.78, 5) is 30.8. The minimum absolute atomic E-state index is 0.0696. The van der Waals surface area contributed by atoms with Crippen LogP contribution in [0.2, 0.25) is 0 Å². The summed E-state index contributed by atoms with van der Waals surface area (Å²) in [7, 11) is 0. The van der Waals surface area contributed by atoms with Crippen molar-refractivity contribution in [3.05, 3.63) is 86.5 Å². The van der Waals surface area contributed by atoms with Crippen molar-refractivity contribution in [3.63, 3.8) is 0 Å². The predicted molar refractivity (Wildman–Crippen MR) is 117 cm³/mol. The van der Waals surface area contributed by atoms with Crippen molar-refractivity contribution in [2.45, 2.75) is 25.9 Å². The van der Waals surface area contributed by atoms with Gasteiger partial charge in [-0.05, 0) is 49.1 Å². The second-order valence-electron chi connectivity index (χ2n) is 7.08. The van der Waals surface area contributed by atoms with Crippen LogP contribution >= 0.6 is 11.3 Å². The molecule has 0 aliphatic rings. The van der Waals surface area contributed by atoms with Crippen molar-refractivity contribution in [2.75, 3.05) is 5.32 Å². The highest BCUT2D eigenvalue weighted by Crippen LogP contribution is 2.27. The molecular formula is C22H22N4O2S. The molecule has 2 atom stereocenters. The smallest absolute Gasteiger partial charge is 0.323 e. The Morgan fingerprint density at radius 1 is 1.03 bits per heavy atom. The first kappa shape index (κ1) is 19.2. The van der Waals surface area contributed by atoms with Gasteiger partial charge in [-0.15, -0.1) is 11.3 Å². The third-order valence-electron chi connectivity index (χ3n) is 4.83. The Morgan fingerprint density at radius 3 is 2.52 bits per heavy atom. The van der Waals surface area contributed by atoms with E-state index in [0.717, 1.165) is 10.4 Å². The molecule has 6 nitrogen and oxygen atoms in total. The molecule has 4 rings (SSSR count). The van der Waals surface area contributed by atoms with Gasteiger partial charge in [0.25, 0.3) is 0 Å². The number of aromatic nitrogens is 2. The van der Waals surface area contributed by atoms with E-state index < -0.39 is 6.04 Å². The second-order valence-corrected chi connectivity index (χ2v) is 8.06. The van der Waals surface area contributed by atoms with Crippen LogP contribution in [-0.4, -0.2) is 21.9 Å². The Morgan fingerprint density at radius 2 is 1.79 bits per heavy atom. The fraction of sp³-hybridized carbons (Fsp3) is 0.182. The number of benzene rings is 2. The summed E-state index contributed by atoms with van der Waals surface area (Å²) in [5, 5.41) is 8.41. The van der Waals surface area contributed by atoms with Gasteiger partial charge < -0.3 is 15.3 Å². The van der Waals surface area contributed by atoms with Gasteiger partial charge in [0, 0.05) is 10.6 Å². The molecule has 0 fully saturated rings. The second kappa shape index (κ2) is 8.06. The molecule has 0 unspecified atom stereocenters. The molecule has 0 saturated carbocycles. The molecule has 2 aromatic carbocycles. The number of rotatable bonds is 6. The minimum Gasteiger partial charge on any atom is -0.325 e. The average molecular weight is 407 g/mol. The number of hydrogen-bond acceptors (Lipinski definition) is 4. The zero-order valence-electron chi connectivity index (χ0n) is 16.2. The van der Waals surface area contributed by atoms with E-state index in [9.17, 15) is 9.59 Å². The summed E-state index contributed by atoms with van der Waals surface area (Å²) >= 11 is 1.66. The van der Waals surface area contributed by atoms with Crippen LogP contribution in [-0.2, 0) is 4.79 Å². The number of amides is 1. The molecule has 0 spiro atoms. The number of hydrogen-bond donors (Lipinski definition) is 4. The molecule has 0 saturated heterocycles. The van der Waals surface area contributed by atoms with E-state index in [1.54, 1.807) is 29.5 Å². The number of aromatic amines is 2. The van der Waals surface area contributed by atoms with E-state index >= 15 is 0 Å². The topological polar surface area (TPSA) is 89.8 Å². The maximum Gasteiger partial charge on any atom is 0.323 e. The highest BCUT2D eigenvalue weighted by atomic mass is 32.1. The van der Waals surface area contributed by atoms with Gasteiger partial charge in [0.05, 0.1) is 23.1 Å². The standard InChI is InChI=1S/C22H22N4O2S/c1-13-5-7-15(8-6-13)20(19-4-3-11-29-19)23-14(2)21(27)24-16-9-10-17-18(12-16)26-22(28)25-17/h3-12,14,20,23H,1-2H3,(H,24,27)(H2,25,26,28)/t14-,20-/m0/s1. The number of nitrogens with one attached hydrogen (secondary N) is 4. The van der Waals surface area contributed by atoms with E-state index in [0.29, 0.717) is 16.7 Å². The van der Waals surface area contributed by atoms with Gasteiger partial charge in [0.1, 0.15) is 0 Å². The maximum absolute atomic E-state index is 12.8. The van der Waals surface area contributed by atoms with Crippen LogP contribution < -0.4 is 16.3 Å². The Bertz CT molecular complexity index is 1180. The van der Waals surface area contributed by atoms with Gasteiger partial charge in [-0.25, -0.2) is 4.79 Å². The van der Waals surface area contributed by atoms with Crippen molar-refractivity contribution >= 4 is 34.0 Å². The highest BCUT2D eigenvalue weighted by molar-refractivity contribution is 7.10. The molecule has 0 aliphatic carbocycles. The Labute approximate surface area is 172 Å². The normalized spacial score (nSPS) is 13.3. The number of fused-ring (bicyclic) bond motifs is 1. The van der Waals surface area contributed by atoms with Gasteiger partial charge in [-0.3, -0.25) is 10.1 Å². The van der Waals surface area contributed by atoms with Gasteiger partial charge >= 0.3 is 5.69 Å². The molecule has 4 N–H and O–H groups in total. The number of thiophene rings is 1. The van der Waals surface area contributed by atoms with Crippen LogP contribution in [0, 0.1) is 6.92 Å². The Kier molecular flexibility index (Phi) is 5.33. The van der Waals surface area contributed by atoms with Crippen LogP contribution in [0.15, 0.2) is 64.8 Å². The summed E-state index contributed by atoms with van der Waals surface area (Å²) in [6.07, 6.45) is 0. The average Bonchev–Trinajstić information content (AvgIpc) is 3.35.